The Labute approximate surface area is 218 Å². The summed E-state index contributed by atoms with van der Waals surface area (Å²) in [5.74, 6) is 0.709. The maximum Gasteiger partial charge on any atom is 0.185 e. The van der Waals surface area contributed by atoms with E-state index < -0.39 is 6.29 Å². The summed E-state index contributed by atoms with van der Waals surface area (Å²) in [7, 11) is 0. The molecule has 36 heavy (non-hydrogen) atoms. The maximum absolute atomic E-state index is 14.7. The van der Waals surface area contributed by atoms with Crippen molar-refractivity contribution in [2.75, 3.05) is 19.8 Å². The Morgan fingerprint density at radius 1 is 0.833 bits per heavy atom. The molecule has 0 radical (unpaired) electrons. The minimum atomic E-state index is -0.394. The molecule has 0 atom stereocenters. The lowest BCUT2D eigenvalue weighted by molar-refractivity contribution is -0.206. The molecule has 0 aliphatic carbocycles. The Hall–Kier alpha value is -1.98. The van der Waals surface area contributed by atoms with Gasteiger partial charge in [-0.2, -0.15) is 0 Å². The number of aromatic nitrogens is 1. The SMILES string of the molecule is CCCCCCCCCC[C@H]1CO[C@H](c2ccc(-c3ccc(OCCCCCC)cc3F)nc2)OC1. The van der Waals surface area contributed by atoms with Crippen LogP contribution in [0.5, 0.6) is 5.75 Å². The average Bonchev–Trinajstić information content (AvgIpc) is 2.91. The van der Waals surface area contributed by atoms with Crippen LogP contribution in [0.3, 0.4) is 0 Å². The number of benzene rings is 1. The molecule has 2 heterocycles. The molecular weight excluding hydrogens is 453 g/mol. The summed E-state index contributed by atoms with van der Waals surface area (Å²) >= 11 is 0. The molecule has 5 heteroatoms. The highest BCUT2D eigenvalue weighted by atomic mass is 19.1. The standard InChI is InChI=1S/C31H46FNO3/c1-3-5-7-9-10-11-12-13-15-25-23-35-31(36-24-25)26-16-19-30(33-22-26)28-18-17-27(21-29(28)32)34-20-14-8-6-4-2/h16-19,21-22,25,31H,3-15,20,23-24H2,1-2H3/t25-,31-. The molecule has 0 bridgehead atoms. The van der Waals surface area contributed by atoms with E-state index in [4.69, 9.17) is 14.2 Å². The number of pyridine rings is 1. The summed E-state index contributed by atoms with van der Waals surface area (Å²) < 4.78 is 32.4. The van der Waals surface area contributed by atoms with Gasteiger partial charge in [-0.3, -0.25) is 4.98 Å². The summed E-state index contributed by atoms with van der Waals surface area (Å²) in [5, 5.41) is 0. The number of nitrogens with zero attached hydrogens (tertiary/aromatic N) is 1. The van der Waals surface area contributed by atoms with Gasteiger partial charge in [0, 0.05) is 29.3 Å². The van der Waals surface area contributed by atoms with Gasteiger partial charge in [-0.1, -0.05) is 90.5 Å². The molecule has 0 N–H and O–H groups in total. The molecular formula is C31H46FNO3. The van der Waals surface area contributed by atoms with Crippen LogP contribution in [-0.4, -0.2) is 24.8 Å². The zero-order valence-corrected chi connectivity index (χ0v) is 22.5. The van der Waals surface area contributed by atoms with Crippen LogP contribution in [0.25, 0.3) is 11.3 Å². The van der Waals surface area contributed by atoms with Gasteiger partial charge in [0.05, 0.1) is 25.5 Å². The topological polar surface area (TPSA) is 40.6 Å². The molecule has 1 aromatic heterocycles. The average molecular weight is 500 g/mol. The van der Waals surface area contributed by atoms with E-state index in [-0.39, 0.29) is 5.82 Å². The van der Waals surface area contributed by atoms with Crippen molar-refractivity contribution in [3.63, 3.8) is 0 Å². The molecule has 4 nitrogen and oxygen atoms in total. The van der Waals surface area contributed by atoms with Gasteiger partial charge in [-0.05, 0) is 31.0 Å². The molecule has 1 fully saturated rings. The molecule has 1 aliphatic heterocycles. The summed E-state index contributed by atoms with van der Waals surface area (Å²) in [6.07, 6.45) is 17.7. The van der Waals surface area contributed by atoms with Crippen LogP contribution in [0.15, 0.2) is 36.5 Å². The summed E-state index contributed by atoms with van der Waals surface area (Å²) in [6.45, 7) is 6.50. The minimum Gasteiger partial charge on any atom is -0.493 e. The van der Waals surface area contributed by atoms with Gasteiger partial charge in [0.25, 0.3) is 0 Å². The lowest BCUT2D eigenvalue weighted by Gasteiger charge is -2.29. The number of unbranched alkanes of at least 4 members (excludes halogenated alkanes) is 10. The largest absolute Gasteiger partial charge is 0.493 e. The fourth-order valence-corrected chi connectivity index (χ4v) is 4.69. The first-order chi connectivity index (χ1) is 17.7. The van der Waals surface area contributed by atoms with Crippen molar-refractivity contribution in [1.82, 2.24) is 4.98 Å². The van der Waals surface area contributed by atoms with E-state index in [9.17, 15) is 4.39 Å². The molecule has 200 valence electrons. The van der Waals surface area contributed by atoms with Gasteiger partial charge in [0.15, 0.2) is 6.29 Å². The Morgan fingerprint density at radius 2 is 1.50 bits per heavy atom. The second-order valence-electron chi connectivity index (χ2n) is 10.2. The van der Waals surface area contributed by atoms with Crippen molar-refractivity contribution in [2.24, 2.45) is 5.92 Å². The first kappa shape index (κ1) is 28.6. The summed E-state index contributed by atoms with van der Waals surface area (Å²) in [6, 6.07) is 8.75. The van der Waals surface area contributed by atoms with Gasteiger partial charge < -0.3 is 14.2 Å². The van der Waals surface area contributed by atoms with E-state index >= 15 is 0 Å². The van der Waals surface area contributed by atoms with Gasteiger partial charge in [0.2, 0.25) is 0 Å². The third kappa shape index (κ3) is 9.82. The number of hydrogen-bond acceptors (Lipinski definition) is 4. The predicted molar refractivity (Wildman–Crippen MR) is 145 cm³/mol. The van der Waals surface area contributed by atoms with E-state index in [1.807, 2.05) is 18.2 Å². The highest BCUT2D eigenvalue weighted by Gasteiger charge is 2.23. The number of halogens is 1. The smallest absolute Gasteiger partial charge is 0.185 e. The van der Waals surface area contributed by atoms with E-state index in [2.05, 4.69) is 18.8 Å². The summed E-state index contributed by atoms with van der Waals surface area (Å²) in [5.41, 5.74) is 1.93. The Kier molecular flexibility index (Phi) is 13.3. The lowest BCUT2D eigenvalue weighted by Crippen LogP contribution is -2.27. The van der Waals surface area contributed by atoms with Gasteiger partial charge in [0.1, 0.15) is 11.6 Å². The van der Waals surface area contributed by atoms with Crippen molar-refractivity contribution >= 4 is 0 Å². The molecule has 0 unspecified atom stereocenters. The maximum atomic E-state index is 14.7. The molecule has 0 saturated carbocycles. The number of rotatable bonds is 17. The second kappa shape index (κ2) is 16.7. The summed E-state index contributed by atoms with van der Waals surface area (Å²) in [4.78, 5) is 4.49. The third-order valence-corrected chi connectivity index (χ3v) is 6.97. The van der Waals surface area contributed by atoms with Crippen LogP contribution in [-0.2, 0) is 9.47 Å². The minimum absolute atomic E-state index is 0.324. The van der Waals surface area contributed by atoms with E-state index in [0.717, 1.165) is 38.0 Å². The molecule has 0 amide bonds. The fraction of sp³-hybridized carbons (Fsp3) is 0.645. The number of ether oxygens (including phenoxy) is 3. The fourth-order valence-electron chi connectivity index (χ4n) is 4.69. The Morgan fingerprint density at radius 3 is 2.14 bits per heavy atom. The Balaban J connectivity index is 1.38. The van der Waals surface area contributed by atoms with Crippen LogP contribution in [0.4, 0.5) is 4.39 Å². The van der Waals surface area contributed by atoms with Crippen molar-refractivity contribution in [3.05, 3.63) is 47.9 Å². The van der Waals surface area contributed by atoms with Crippen molar-refractivity contribution in [2.45, 2.75) is 104 Å². The van der Waals surface area contributed by atoms with Gasteiger partial charge >= 0.3 is 0 Å². The first-order valence-corrected chi connectivity index (χ1v) is 14.3. The zero-order valence-electron chi connectivity index (χ0n) is 22.5. The van der Waals surface area contributed by atoms with Crippen LogP contribution in [0.2, 0.25) is 0 Å². The molecule has 1 saturated heterocycles. The molecule has 2 aromatic rings. The van der Waals surface area contributed by atoms with Crippen molar-refractivity contribution in [3.8, 4) is 17.0 Å². The van der Waals surface area contributed by atoms with Crippen molar-refractivity contribution < 1.29 is 18.6 Å². The van der Waals surface area contributed by atoms with Crippen LogP contribution in [0.1, 0.15) is 109 Å². The van der Waals surface area contributed by atoms with Crippen LogP contribution >= 0.6 is 0 Å². The Bertz CT molecular complexity index is 849. The van der Waals surface area contributed by atoms with Crippen LogP contribution in [0, 0.1) is 11.7 Å². The monoisotopic (exact) mass is 499 g/mol. The quantitative estimate of drug-likeness (QED) is 0.204. The predicted octanol–water partition coefficient (Wildman–Crippen LogP) is 9.04. The van der Waals surface area contributed by atoms with E-state index in [0.29, 0.717) is 29.5 Å². The third-order valence-electron chi connectivity index (χ3n) is 6.97. The normalized spacial score (nSPS) is 17.9. The van der Waals surface area contributed by atoms with Gasteiger partial charge in [-0.25, -0.2) is 4.39 Å². The molecule has 0 spiro atoms. The molecule has 3 rings (SSSR count). The molecule has 1 aliphatic rings. The second-order valence-corrected chi connectivity index (χ2v) is 10.2. The highest BCUT2D eigenvalue weighted by molar-refractivity contribution is 5.61. The molecule has 1 aromatic carbocycles. The van der Waals surface area contributed by atoms with Gasteiger partial charge in [-0.15, -0.1) is 0 Å². The number of hydrogen-bond donors (Lipinski definition) is 0. The first-order valence-electron chi connectivity index (χ1n) is 14.3. The zero-order chi connectivity index (χ0) is 25.4. The lowest BCUT2D eigenvalue weighted by atomic mass is 10.0. The highest BCUT2D eigenvalue weighted by Crippen LogP contribution is 2.30. The van der Waals surface area contributed by atoms with Crippen molar-refractivity contribution in [1.29, 1.82) is 0 Å². The van der Waals surface area contributed by atoms with E-state index in [1.165, 1.54) is 70.3 Å². The van der Waals surface area contributed by atoms with E-state index in [1.54, 1.807) is 12.3 Å². The van der Waals surface area contributed by atoms with Crippen LogP contribution < -0.4 is 4.74 Å².